The molecule has 21 heavy (non-hydrogen) atoms. The molecule has 2 fully saturated rings. The maximum Gasteiger partial charge on any atom is 0.307 e. The zero-order chi connectivity index (χ0) is 14.9. The quantitative estimate of drug-likeness (QED) is 0.889. The Balaban J connectivity index is 1.75. The maximum absolute atomic E-state index is 11.8. The lowest BCUT2D eigenvalue weighted by molar-refractivity contribution is -0.162. The third kappa shape index (κ3) is 3.16. The first-order chi connectivity index (χ1) is 10.1. The molecule has 3 rings (SSSR count). The van der Waals surface area contributed by atoms with Crippen molar-refractivity contribution in [3.63, 3.8) is 0 Å². The Morgan fingerprint density at radius 1 is 1.43 bits per heavy atom. The zero-order valence-corrected chi connectivity index (χ0v) is 13.6. The molecule has 2 atom stereocenters. The predicted molar refractivity (Wildman–Crippen MR) is 84.2 cm³/mol. The SMILES string of the molecule is O=C(O)C(Cc1ccccc1Br)C1CCOC2(CCC2)C1. The molecule has 4 heteroatoms. The van der Waals surface area contributed by atoms with Crippen LogP contribution < -0.4 is 0 Å². The Morgan fingerprint density at radius 3 is 2.81 bits per heavy atom. The molecule has 0 bridgehead atoms. The van der Waals surface area contributed by atoms with Gasteiger partial charge in [0.25, 0.3) is 0 Å². The van der Waals surface area contributed by atoms with Gasteiger partial charge in [-0.3, -0.25) is 4.79 Å². The second-order valence-electron chi connectivity index (χ2n) is 6.38. The Morgan fingerprint density at radius 2 is 2.19 bits per heavy atom. The molecule has 1 aromatic rings. The summed E-state index contributed by atoms with van der Waals surface area (Å²) in [6.07, 6.45) is 5.79. The van der Waals surface area contributed by atoms with Crippen molar-refractivity contribution in [1.29, 1.82) is 0 Å². The van der Waals surface area contributed by atoms with E-state index < -0.39 is 5.97 Å². The fraction of sp³-hybridized carbons (Fsp3) is 0.588. The molecule has 1 aliphatic carbocycles. The topological polar surface area (TPSA) is 46.5 Å². The van der Waals surface area contributed by atoms with Crippen LogP contribution >= 0.6 is 15.9 Å². The molecule has 1 saturated carbocycles. The lowest BCUT2D eigenvalue weighted by Crippen LogP contribution is -2.48. The monoisotopic (exact) mass is 352 g/mol. The van der Waals surface area contributed by atoms with Gasteiger partial charge >= 0.3 is 5.97 Å². The summed E-state index contributed by atoms with van der Waals surface area (Å²) >= 11 is 3.53. The van der Waals surface area contributed by atoms with Gasteiger partial charge in [0.15, 0.2) is 0 Å². The predicted octanol–water partition coefficient (Wildman–Crippen LogP) is 4.04. The molecule has 3 nitrogen and oxygen atoms in total. The van der Waals surface area contributed by atoms with E-state index in [1.807, 2.05) is 24.3 Å². The fourth-order valence-corrected chi connectivity index (χ4v) is 4.13. The van der Waals surface area contributed by atoms with E-state index in [0.717, 1.165) is 35.7 Å². The maximum atomic E-state index is 11.8. The molecule has 2 aliphatic rings. The summed E-state index contributed by atoms with van der Waals surface area (Å²) in [7, 11) is 0. The Hall–Kier alpha value is -0.870. The zero-order valence-electron chi connectivity index (χ0n) is 12.1. The van der Waals surface area contributed by atoms with E-state index in [1.165, 1.54) is 6.42 Å². The van der Waals surface area contributed by atoms with E-state index in [9.17, 15) is 9.90 Å². The summed E-state index contributed by atoms with van der Waals surface area (Å²) in [5.74, 6) is -0.763. The number of aliphatic carboxylic acids is 1. The van der Waals surface area contributed by atoms with Gasteiger partial charge in [-0.05, 0) is 56.1 Å². The number of ether oxygens (including phenoxy) is 1. The Kier molecular flexibility index (Phi) is 4.36. The largest absolute Gasteiger partial charge is 0.481 e. The molecule has 114 valence electrons. The van der Waals surface area contributed by atoms with Gasteiger partial charge in [0.1, 0.15) is 0 Å². The summed E-state index contributed by atoms with van der Waals surface area (Å²) in [4.78, 5) is 11.8. The molecule has 0 radical (unpaired) electrons. The van der Waals surface area contributed by atoms with E-state index in [0.29, 0.717) is 13.0 Å². The lowest BCUT2D eigenvalue weighted by Gasteiger charge is -2.48. The molecule has 0 amide bonds. The number of carbonyl (C=O) groups is 1. The van der Waals surface area contributed by atoms with Crippen LogP contribution in [0.4, 0.5) is 0 Å². The number of carboxylic acids is 1. The standard InChI is InChI=1S/C17H21BrO3/c18-15-5-2-1-4-12(15)10-14(16(19)20)13-6-9-21-17(11-13)7-3-8-17/h1-2,4-5,13-14H,3,6-11H2,(H,19,20). The Bertz CT molecular complexity index is 525. The number of rotatable bonds is 4. The molecule has 2 unspecified atom stereocenters. The first kappa shape index (κ1) is 15.0. The molecule has 1 saturated heterocycles. The summed E-state index contributed by atoms with van der Waals surface area (Å²) in [6, 6.07) is 7.92. The van der Waals surface area contributed by atoms with Gasteiger partial charge < -0.3 is 9.84 Å². The van der Waals surface area contributed by atoms with Gasteiger partial charge in [-0.2, -0.15) is 0 Å². The molecule has 1 spiro atoms. The van der Waals surface area contributed by atoms with Crippen LogP contribution in [0.1, 0.15) is 37.7 Å². The summed E-state index contributed by atoms with van der Waals surface area (Å²) in [5, 5.41) is 9.68. The van der Waals surface area contributed by atoms with Crippen LogP contribution in [0.3, 0.4) is 0 Å². The molecule has 0 aromatic heterocycles. The van der Waals surface area contributed by atoms with E-state index in [1.54, 1.807) is 0 Å². The fourth-order valence-electron chi connectivity index (χ4n) is 3.69. The molecular weight excluding hydrogens is 332 g/mol. The first-order valence-corrected chi connectivity index (χ1v) is 8.49. The second kappa shape index (κ2) is 6.09. The van der Waals surface area contributed by atoms with Crippen LogP contribution in [0.5, 0.6) is 0 Å². The molecule has 1 N–H and O–H groups in total. The average Bonchev–Trinajstić information content (AvgIpc) is 2.44. The van der Waals surface area contributed by atoms with Crippen molar-refractivity contribution in [2.45, 2.75) is 44.1 Å². The highest BCUT2D eigenvalue weighted by Crippen LogP contribution is 2.46. The van der Waals surface area contributed by atoms with E-state index in [-0.39, 0.29) is 17.4 Å². The molecule has 1 aliphatic heterocycles. The van der Waals surface area contributed by atoms with E-state index in [4.69, 9.17) is 4.74 Å². The third-order valence-electron chi connectivity index (χ3n) is 5.08. The van der Waals surface area contributed by atoms with Crippen LogP contribution in [0, 0.1) is 11.8 Å². The highest BCUT2D eigenvalue weighted by atomic mass is 79.9. The molecule has 1 heterocycles. The van der Waals surface area contributed by atoms with Crippen molar-refractivity contribution >= 4 is 21.9 Å². The normalized spacial score (nSPS) is 25.3. The van der Waals surface area contributed by atoms with Crippen molar-refractivity contribution in [2.75, 3.05) is 6.61 Å². The number of hydrogen-bond donors (Lipinski definition) is 1. The van der Waals surface area contributed by atoms with Gasteiger partial charge in [0.05, 0.1) is 11.5 Å². The highest BCUT2D eigenvalue weighted by molar-refractivity contribution is 9.10. The molecule has 1 aromatic carbocycles. The highest BCUT2D eigenvalue weighted by Gasteiger charge is 2.45. The van der Waals surface area contributed by atoms with Gasteiger partial charge in [0, 0.05) is 11.1 Å². The summed E-state index contributed by atoms with van der Waals surface area (Å²) < 4.78 is 6.93. The van der Waals surface area contributed by atoms with Crippen molar-refractivity contribution in [3.8, 4) is 0 Å². The second-order valence-corrected chi connectivity index (χ2v) is 7.23. The van der Waals surface area contributed by atoms with Crippen LogP contribution in [-0.4, -0.2) is 23.3 Å². The minimum Gasteiger partial charge on any atom is -0.481 e. The smallest absolute Gasteiger partial charge is 0.307 e. The molecular formula is C17H21BrO3. The minimum absolute atomic E-state index is 0.00450. The number of benzene rings is 1. The van der Waals surface area contributed by atoms with Gasteiger partial charge in [-0.25, -0.2) is 0 Å². The Labute approximate surface area is 133 Å². The van der Waals surface area contributed by atoms with E-state index >= 15 is 0 Å². The van der Waals surface area contributed by atoms with Crippen LogP contribution in [0.15, 0.2) is 28.7 Å². The van der Waals surface area contributed by atoms with Crippen LogP contribution in [0.2, 0.25) is 0 Å². The van der Waals surface area contributed by atoms with E-state index in [2.05, 4.69) is 15.9 Å². The third-order valence-corrected chi connectivity index (χ3v) is 5.85. The summed E-state index contributed by atoms with van der Waals surface area (Å²) in [6.45, 7) is 0.713. The number of carboxylic acid groups (broad SMARTS) is 1. The average molecular weight is 353 g/mol. The first-order valence-electron chi connectivity index (χ1n) is 7.70. The van der Waals surface area contributed by atoms with Gasteiger partial charge in [0.2, 0.25) is 0 Å². The van der Waals surface area contributed by atoms with Gasteiger partial charge in [-0.15, -0.1) is 0 Å². The summed E-state index contributed by atoms with van der Waals surface area (Å²) in [5.41, 5.74) is 1.09. The van der Waals surface area contributed by atoms with Crippen molar-refractivity contribution < 1.29 is 14.6 Å². The van der Waals surface area contributed by atoms with Gasteiger partial charge in [-0.1, -0.05) is 34.1 Å². The van der Waals surface area contributed by atoms with Crippen LogP contribution in [0.25, 0.3) is 0 Å². The van der Waals surface area contributed by atoms with Crippen molar-refractivity contribution in [3.05, 3.63) is 34.3 Å². The number of hydrogen-bond acceptors (Lipinski definition) is 2. The lowest BCUT2D eigenvalue weighted by atomic mass is 9.68. The minimum atomic E-state index is -0.674. The van der Waals surface area contributed by atoms with Crippen molar-refractivity contribution in [1.82, 2.24) is 0 Å². The van der Waals surface area contributed by atoms with Crippen molar-refractivity contribution in [2.24, 2.45) is 11.8 Å². The number of halogens is 1. The van der Waals surface area contributed by atoms with Crippen LogP contribution in [-0.2, 0) is 16.0 Å².